The molecule has 1 aromatic carbocycles. The lowest BCUT2D eigenvalue weighted by Crippen LogP contribution is -2.54. The Morgan fingerprint density at radius 3 is 2.50 bits per heavy atom. The molecule has 1 heterocycles. The van der Waals surface area contributed by atoms with Gasteiger partial charge in [0.2, 0.25) is 10.0 Å². The predicted octanol–water partition coefficient (Wildman–Crippen LogP) is 1.73. The van der Waals surface area contributed by atoms with Gasteiger partial charge in [-0.2, -0.15) is 4.72 Å². The minimum absolute atomic E-state index is 0.170. The van der Waals surface area contributed by atoms with Crippen molar-refractivity contribution in [3.8, 4) is 5.75 Å². The number of carbonyl (C=O) groups is 1. The lowest BCUT2D eigenvalue weighted by Gasteiger charge is -2.32. The van der Waals surface area contributed by atoms with Gasteiger partial charge in [0.05, 0.1) is 16.1 Å². The summed E-state index contributed by atoms with van der Waals surface area (Å²) in [7, 11) is -4.17. The third kappa shape index (κ3) is 3.20. The molecule has 9 heteroatoms. The summed E-state index contributed by atoms with van der Waals surface area (Å²) in [6.45, 7) is 2.60. The molecule has 0 saturated carbocycles. The van der Waals surface area contributed by atoms with Gasteiger partial charge >= 0.3 is 0 Å². The van der Waals surface area contributed by atoms with Crippen molar-refractivity contribution in [1.82, 2.24) is 4.72 Å². The van der Waals surface area contributed by atoms with Gasteiger partial charge in [-0.15, -0.1) is 0 Å². The van der Waals surface area contributed by atoms with E-state index in [1.807, 2.05) is 4.72 Å². The third-order valence-corrected chi connectivity index (χ3v) is 5.04. The zero-order valence-corrected chi connectivity index (χ0v) is 13.1. The van der Waals surface area contributed by atoms with Crippen molar-refractivity contribution in [2.75, 3.05) is 11.9 Å². The van der Waals surface area contributed by atoms with Crippen molar-refractivity contribution < 1.29 is 26.7 Å². The standard InChI is InChI=1S/C13H16F2N2O4S/c1-12(2,13(3,14)15)17-22(19,20)8-4-5-9-10(6-8)21-7-11(18)16-9/h4-6,17H,7H2,1-3H3,(H,16,18). The number of sulfonamides is 1. The maximum Gasteiger partial charge on any atom is 0.263 e. The maximum absolute atomic E-state index is 13.5. The summed E-state index contributed by atoms with van der Waals surface area (Å²) in [6, 6.07) is 3.74. The van der Waals surface area contributed by atoms with Gasteiger partial charge in [-0.25, -0.2) is 17.2 Å². The van der Waals surface area contributed by atoms with E-state index in [0.717, 1.165) is 13.8 Å². The van der Waals surface area contributed by atoms with Gasteiger partial charge in [0.25, 0.3) is 11.8 Å². The van der Waals surface area contributed by atoms with Crippen molar-refractivity contribution in [2.45, 2.75) is 37.1 Å². The Morgan fingerprint density at radius 1 is 1.27 bits per heavy atom. The summed E-state index contributed by atoms with van der Waals surface area (Å²) in [6.07, 6.45) is 0. The Bertz CT molecular complexity index is 711. The van der Waals surface area contributed by atoms with Gasteiger partial charge < -0.3 is 10.1 Å². The van der Waals surface area contributed by atoms with Gasteiger partial charge in [-0.1, -0.05) is 0 Å². The van der Waals surface area contributed by atoms with Crippen molar-refractivity contribution >= 4 is 21.6 Å². The van der Waals surface area contributed by atoms with Crippen LogP contribution in [0.25, 0.3) is 0 Å². The van der Waals surface area contributed by atoms with Crippen LogP contribution in [-0.4, -0.2) is 32.4 Å². The molecule has 122 valence electrons. The number of amides is 1. The van der Waals surface area contributed by atoms with Crippen molar-refractivity contribution in [2.24, 2.45) is 0 Å². The van der Waals surface area contributed by atoms with Crippen LogP contribution in [0.1, 0.15) is 20.8 Å². The number of halogens is 2. The molecule has 0 atom stereocenters. The van der Waals surface area contributed by atoms with E-state index in [4.69, 9.17) is 4.74 Å². The van der Waals surface area contributed by atoms with Crippen LogP contribution in [0.5, 0.6) is 5.75 Å². The van der Waals surface area contributed by atoms with Crippen LogP contribution in [0.4, 0.5) is 14.5 Å². The Kier molecular flexibility index (Phi) is 3.90. The summed E-state index contributed by atoms with van der Waals surface area (Å²) < 4.78 is 58.5. The number of ether oxygens (including phenoxy) is 1. The summed E-state index contributed by atoms with van der Waals surface area (Å²) in [5, 5.41) is 2.51. The number of hydrogen-bond donors (Lipinski definition) is 2. The van der Waals surface area contributed by atoms with Crippen LogP contribution in [-0.2, 0) is 14.8 Å². The average Bonchev–Trinajstić information content (AvgIpc) is 2.35. The first kappa shape index (κ1) is 16.6. The number of nitrogens with one attached hydrogen (secondary N) is 2. The highest BCUT2D eigenvalue weighted by Gasteiger charge is 2.45. The topological polar surface area (TPSA) is 84.5 Å². The van der Waals surface area contributed by atoms with Gasteiger partial charge in [-0.3, -0.25) is 4.79 Å². The molecule has 2 N–H and O–H groups in total. The summed E-state index contributed by atoms with van der Waals surface area (Å²) >= 11 is 0. The summed E-state index contributed by atoms with van der Waals surface area (Å²) in [4.78, 5) is 10.9. The molecule has 0 bridgehead atoms. The van der Waals surface area contributed by atoms with E-state index >= 15 is 0 Å². The van der Waals surface area contributed by atoms with Crippen LogP contribution in [0.3, 0.4) is 0 Å². The van der Waals surface area contributed by atoms with Gasteiger partial charge in [0, 0.05) is 13.0 Å². The molecule has 0 spiro atoms. The summed E-state index contributed by atoms with van der Waals surface area (Å²) in [5.41, 5.74) is -1.63. The van der Waals surface area contributed by atoms with Crippen LogP contribution >= 0.6 is 0 Å². The highest BCUT2D eigenvalue weighted by atomic mass is 32.2. The normalized spacial score (nSPS) is 15.8. The van der Waals surface area contributed by atoms with Crippen molar-refractivity contribution in [3.05, 3.63) is 18.2 Å². The second kappa shape index (κ2) is 5.17. The molecule has 0 aromatic heterocycles. The highest BCUT2D eigenvalue weighted by Crippen LogP contribution is 2.32. The number of rotatable bonds is 4. The summed E-state index contributed by atoms with van der Waals surface area (Å²) in [5.74, 6) is -3.44. The first-order valence-electron chi connectivity index (χ1n) is 6.41. The van der Waals surface area contributed by atoms with Gasteiger partial charge in [0.15, 0.2) is 6.61 Å². The number of benzene rings is 1. The smallest absolute Gasteiger partial charge is 0.263 e. The minimum Gasteiger partial charge on any atom is -0.482 e. The molecule has 0 saturated heterocycles. The molecule has 6 nitrogen and oxygen atoms in total. The van der Waals surface area contributed by atoms with Crippen LogP contribution in [0.2, 0.25) is 0 Å². The zero-order valence-electron chi connectivity index (χ0n) is 12.2. The third-order valence-electron chi connectivity index (χ3n) is 3.38. The lowest BCUT2D eigenvalue weighted by molar-refractivity contribution is -0.118. The van der Waals surface area contributed by atoms with E-state index in [0.29, 0.717) is 12.6 Å². The second-order valence-corrected chi connectivity index (χ2v) is 7.30. The van der Waals surface area contributed by atoms with Gasteiger partial charge in [0.1, 0.15) is 5.75 Å². The molecule has 0 radical (unpaired) electrons. The highest BCUT2D eigenvalue weighted by molar-refractivity contribution is 7.89. The van der Waals surface area contributed by atoms with Crippen LogP contribution < -0.4 is 14.8 Å². The molecule has 0 aliphatic carbocycles. The Labute approximate surface area is 126 Å². The Hall–Kier alpha value is -1.74. The monoisotopic (exact) mass is 334 g/mol. The average molecular weight is 334 g/mol. The molecule has 0 fully saturated rings. The first-order chi connectivity index (χ1) is 9.92. The largest absolute Gasteiger partial charge is 0.482 e. The molecule has 22 heavy (non-hydrogen) atoms. The number of carbonyl (C=O) groups excluding carboxylic acids is 1. The second-order valence-electron chi connectivity index (χ2n) is 5.61. The molecule has 0 unspecified atom stereocenters. The fourth-order valence-corrected chi connectivity index (χ4v) is 3.18. The fraction of sp³-hybridized carbons (Fsp3) is 0.462. The van der Waals surface area contributed by atoms with E-state index in [1.165, 1.54) is 18.2 Å². The van der Waals surface area contributed by atoms with Crippen molar-refractivity contribution in [3.63, 3.8) is 0 Å². The van der Waals surface area contributed by atoms with Crippen molar-refractivity contribution in [1.29, 1.82) is 0 Å². The van der Waals surface area contributed by atoms with E-state index in [1.54, 1.807) is 0 Å². The quantitative estimate of drug-likeness (QED) is 0.878. The number of alkyl halides is 2. The van der Waals surface area contributed by atoms with E-state index in [2.05, 4.69) is 5.32 Å². The molecule has 1 aliphatic rings. The lowest BCUT2D eigenvalue weighted by atomic mass is 10.00. The maximum atomic E-state index is 13.5. The Morgan fingerprint density at radius 2 is 1.91 bits per heavy atom. The molecular formula is C13H16F2N2O4S. The Balaban J connectivity index is 2.33. The number of fused-ring (bicyclic) bond motifs is 1. The van der Waals surface area contributed by atoms with Gasteiger partial charge in [-0.05, 0) is 26.0 Å². The van der Waals surface area contributed by atoms with E-state index in [-0.39, 0.29) is 23.2 Å². The molecule has 1 aromatic rings. The van der Waals surface area contributed by atoms with E-state index < -0.39 is 21.5 Å². The molecule has 2 rings (SSSR count). The molecular weight excluding hydrogens is 318 g/mol. The molecule has 1 aliphatic heterocycles. The predicted molar refractivity (Wildman–Crippen MR) is 75.6 cm³/mol. The first-order valence-corrected chi connectivity index (χ1v) is 7.89. The van der Waals surface area contributed by atoms with Crippen LogP contribution in [0.15, 0.2) is 23.1 Å². The minimum atomic E-state index is -4.17. The number of anilines is 1. The van der Waals surface area contributed by atoms with Crippen LogP contribution in [0, 0.1) is 0 Å². The zero-order chi connectivity index (χ0) is 16.8. The molecule has 1 amide bonds. The SMILES string of the molecule is CC(F)(F)C(C)(C)NS(=O)(=O)c1ccc2c(c1)OCC(=O)N2. The van der Waals surface area contributed by atoms with E-state index in [9.17, 15) is 22.0 Å². The fourth-order valence-electron chi connectivity index (χ4n) is 1.71. The number of hydrogen-bond acceptors (Lipinski definition) is 4.